The van der Waals surface area contributed by atoms with Crippen molar-refractivity contribution in [1.29, 1.82) is 0 Å². The number of aromatic nitrogens is 1. The molecular formula is C10H13N3O3S. The van der Waals surface area contributed by atoms with Crippen molar-refractivity contribution in [3.63, 3.8) is 0 Å². The average molecular weight is 255 g/mol. The predicted molar refractivity (Wildman–Crippen MR) is 61.7 cm³/mol. The van der Waals surface area contributed by atoms with Gasteiger partial charge in [-0.05, 0) is 0 Å². The van der Waals surface area contributed by atoms with Gasteiger partial charge in [-0.15, -0.1) is 11.3 Å². The molecule has 2 heterocycles. The van der Waals surface area contributed by atoms with Crippen LogP contribution in [0.5, 0.6) is 0 Å². The quantitative estimate of drug-likeness (QED) is 0.798. The Morgan fingerprint density at radius 1 is 1.59 bits per heavy atom. The number of aliphatic carboxylic acids is 1. The Kier molecular flexibility index (Phi) is 3.39. The van der Waals surface area contributed by atoms with Crippen LogP contribution in [-0.4, -0.2) is 40.0 Å². The maximum absolute atomic E-state index is 11.9. The first-order valence-corrected chi connectivity index (χ1v) is 6.13. The Morgan fingerprint density at radius 2 is 2.29 bits per heavy atom. The lowest BCUT2D eigenvalue weighted by Crippen LogP contribution is -2.50. The molecule has 1 fully saturated rings. The molecule has 0 radical (unpaired) electrons. The van der Waals surface area contributed by atoms with Crippen LogP contribution in [0.25, 0.3) is 0 Å². The molecule has 0 bridgehead atoms. The molecule has 1 amide bonds. The zero-order valence-electron chi connectivity index (χ0n) is 9.13. The first kappa shape index (κ1) is 12.0. The van der Waals surface area contributed by atoms with E-state index in [1.165, 1.54) is 11.3 Å². The maximum Gasteiger partial charge on any atom is 0.303 e. The number of thiazole rings is 1. The van der Waals surface area contributed by atoms with Gasteiger partial charge < -0.3 is 15.7 Å². The summed E-state index contributed by atoms with van der Waals surface area (Å²) in [5.74, 6) is -0.882. The third-order valence-corrected chi connectivity index (χ3v) is 3.52. The second-order valence-electron chi connectivity index (χ2n) is 4.00. The molecule has 0 aromatic carbocycles. The normalized spacial score (nSPS) is 15.7. The van der Waals surface area contributed by atoms with Gasteiger partial charge in [0.2, 0.25) is 0 Å². The summed E-state index contributed by atoms with van der Waals surface area (Å²) in [6.45, 7) is 1.33. The van der Waals surface area contributed by atoms with Gasteiger partial charge in [-0.2, -0.15) is 0 Å². The van der Waals surface area contributed by atoms with Crippen molar-refractivity contribution >= 4 is 23.2 Å². The number of nitrogens with two attached hydrogens (primary N) is 1. The number of nitrogens with zero attached hydrogens (tertiary/aromatic N) is 2. The molecule has 1 saturated heterocycles. The summed E-state index contributed by atoms with van der Waals surface area (Å²) < 4.78 is 0. The first-order chi connectivity index (χ1) is 8.10. The Labute approximate surface area is 102 Å². The van der Waals surface area contributed by atoms with E-state index >= 15 is 0 Å². The minimum absolute atomic E-state index is 0.0732. The number of carbonyl (C=O) groups is 2. The molecule has 0 saturated carbocycles. The Hall–Kier alpha value is -1.47. The van der Waals surface area contributed by atoms with E-state index in [1.807, 2.05) is 0 Å². The number of rotatable bonds is 4. The summed E-state index contributed by atoms with van der Waals surface area (Å²) in [7, 11) is 0. The molecule has 17 heavy (non-hydrogen) atoms. The van der Waals surface area contributed by atoms with Gasteiger partial charge in [0, 0.05) is 30.9 Å². The van der Waals surface area contributed by atoms with E-state index in [2.05, 4.69) is 4.98 Å². The van der Waals surface area contributed by atoms with Gasteiger partial charge in [0.05, 0.1) is 6.42 Å². The fourth-order valence-corrected chi connectivity index (χ4v) is 2.43. The fraction of sp³-hybridized carbons (Fsp3) is 0.500. The van der Waals surface area contributed by atoms with E-state index in [9.17, 15) is 9.59 Å². The van der Waals surface area contributed by atoms with Crippen LogP contribution in [0.4, 0.5) is 0 Å². The number of carboxylic acid groups (broad SMARTS) is 1. The molecule has 0 atom stereocenters. The van der Waals surface area contributed by atoms with E-state index in [1.54, 1.807) is 10.3 Å². The highest BCUT2D eigenvalue weighted by Crippen LogP contribution is 2.22. The van der Waals surface area contributed by atoms with Crippen LogP contribution in [0.15, 0.2) is 5.38 Å². The van der Waals surface area contributed by atoms with Gasteiger partial charge in [0.25, 0.3) is 5.91 Å². The lowest BCUT2D eigenvalue weighted by Gasteiger charge is -2.38. The van der Waals surface area contributed by atoms with E-state index in [-0.39, 0.29) is 18.2 Å². The fourth-order valence-electron chi connectivity index (χ4n) is 1.78. The molecule has 2 rings (SSSR count). The summed E-state index contributed by atoms with van der Waals surface area (Å²) in [4.78, 5) is 28.1. The van der Waals surface area contributed by atoms with Gasteiger partial charge in [-0.1, -0.05) is 0 Å². The van der Waals surface area contributed by atoms with Crippen LogP contribution in [0, 0.1) is 5.92 Å². The zero-order valence-corrected chi connectivity index (χ0v) is 9.94. The van der Waals surface area contributed by atoms with Crippen LogP contribution in [0.1, 0.15) is 21.9 Å². The Balaban J connectivity index is 1.88. The number of hydrogen-bond donors (Lipinski definition) is 2. The number of carbonyl (C=O) groups excluding carboxylic acids is 1. The van der Waals surface area contributed by atoms with Gasteiger partial charge in [-0.3, -0.25) is 9.59 Å². The van der Waals surface area contributed by atoms with E-state index in [0.29, 0.717) is 25.3 Å². The van der Waals surface area contributed by atoms with Crippen LogP contribution in [0.2, 0.25) is 0 Å². The minimum atomic E-state index is -0.818. The molecule has 1 aromatic heterocycles. The van der Waals surface area contributed by atoms with Crippen LogP contribution < -0.4 is 5.73 Å². The molecule has 1 aliphatic heterocycles. The van der Waals surface area contributed by atoms with Crippen molar-refractivity contribution in [2.45, 2.75) is 13.0 Å². The second-order valence-corrected chi connectivity index (χ2v) is 4.95. The predicted octanol–water partition coefficient (Wildman–Crippen LogP) is 0.149. The number of carboxylic acids is 1. The molecule has 1 aliphatic rings. The number of amides is 1. The van der Waals surface area contributed by atoms with Crippen molar-refractivity contribution in [2.75, 3.05) is 13.1 Å². The molecule has 7 heteroatoms. The van der Waals surface area contributed by atoms with Crippen molar-refractivity contribution in [2.24, 2.45) is 11.7 Å². The maximum atomic E-state index is 11.9. The molecule has 0 unspecified atom stereocenters. The summed E-state index contributed by atoms with van der Waals surface area (Å²) in [6, 6.07) is 0. The standard InChI is InChI=1S/C10H13N3O3S/c11-2-8-12-7(5-17-8)10(16)13-3-6(4-13)1-9(14)15/h5-6H,1-4,11H2,(H,14,15). The third-order valence-electron chi connectivity index (χ3n) is 2.65. The van der Waals surface area contributed by atoms with Crippen LogP contribution >= 0.6 is 11.3 Å². The Bertz CT molecular complexity index is 440. The first-order valence-electron chi connectivity index (χ1n) is 5.25. The smallest absolute Gasteiger partial charge is 0.303 e. The summed E-state index contributed by atoms with van der Waals surface area (Å²) in [6.07, 6.45) is 0.120. The van der Waals surface area contributed by atoms with Crippen molar-refractivity contribution in [3.05, 3.63) is 16.1 Å². The highest BCUT2D eigenvalue weighted by atomic mass is 32.1. The van der Waals surface area contributed by atoms with Crippen LogP contribution in [0.3, 0.4) is 0 Å². The van der Waals surface area contributed by atoms with E-state index in [4.69, 9.17) is 10.8 Å². The number of hydrogen-bond acceptors (Lipinski definition) is 5. The Morgan fingerprint density at radius 3 is 2.82 bits per heavy atom. The van der Waals surface area contributed by atoms with Crippen molar-refractivity contribution < 1.29 is 14.7 Å². The van der Waals surface area contributed by atoms with E-state index < -0.39 is 5.97 Å². The molecule has 0 spiro atoms. The highest BCUT2D eigenvalue weighted by molar-refractivity contribution is 7.09. The van der Waals surface area contributed by atoms with Crippen molar-refractivity contribution in [3.8, 4) is 0 Å². The van der Waals surface area contributed by atoms with Gasteiger partial charge in [0.15, 0.2) is 0 Å². The second kappa shape index (κ2) is 4.80. The molecular weight excluding hydrogens is 242 g/mol. The largest absolute Gasteiger partial charge is 0.481 e. The molecule has 0 aliphatic carbocycles. The number of likely N-dealkylation sites (tertiary alicyclic amines) is 1. The lowest BCUT2D eigenvalue weighted by atomic mass is 9.96. The van der Waals surface area contributed by atoms with Gasteiger partial charge >= 0.3 is 5.97 Å². The third kappa shape index (κ3) is 2.62. The molecule has 3 N–H and O–H groups in total. The van der Waals surface area contributed by atoms with Gasteiger partial charge in [-0.25, -0.2) is 4.98 Å². The zero-order chi connectivity index (χ0) is 12.4. The lowest BCUT2D eigenvalue weighted by molar-refractivity contribution is -0.139. The minimum Gasteiger partial charge on any atom is -0.481 e. The molecule has 1 aromatic rings. The SMILES string of the molecule is NCc1nc(C(=O)N2CC(CC(=O)O)C2)cs1. The van der Waals surface area contributed by atoms with E-state index in [0.717, 1.165) is 5.01 Å². The van der Waals surface area contributed by atoms with Crippen LogP contribution in [-0.2, 0) is 11.3 Å². The highest BCUT2D eigenvalue weighted by Gasteiger charge is 2.33. The summed E-state index contributed by atoms with van der Waals surface area (Å²) in [5.41, 5.74) is 5.83. The topological polar surface area (TPSA) is 96.5 Å². The monoisotopic (exact) mass is 255 g/mol. The average Bonchev–Trinajstić information content (AvgIpc) is 2.70. The van der Waals surface area contributed by atoms with Crippen molar-refractivity contribution in [1.82, 2.24) is 9.88 Å². The molecule has 6 nitrogen and oxygen atoms in total. The summed E-state index contributed by atoms with van der Waals surface area (Å²) >= 11 is 1.36. The van der Waals surface area contributed by atoms with Gasteiger partial charge in [0.1, 0.15) is 10.7 Å². The summed E-state index contributed by atoms with van der Waals surface area (Å²) in [5, 5.41) is 11.0. The molecule has 92 valence electrons.